The van der Waals surface area contributed by atoms with Crippen molar-refractivity contribution in [3.8, 4) is 23.0 Å². The van der Waals surface area contributed by atoms with Crippen LogP contribution >= 0.6 is 31.9 Å². The second kappa shape index (κ2) is 8.93. The Balaban J connectivity index is 1.87. The van der Waals surface area contributed by atoms with Crippen molar-refractivity contribution in [3.63, 3.8) is 0 Å². The average molecular weight is 634 g/mol. The van der Waals surface area contributed by atoms with Gasteiger partial charge in [-0.15, -0.1) is 0 Å². The molecular formula is C24H24Br2F2N2O6. The van der Waals surface area contributed by atoms with Gasteiger partial charge in [-0.05, 0) is 44.0 Å². The fraction of sp³-hybridized carbons (Fsp3) is 0.417. The van der Waals surface area contributed by atoms with E-state index < -0.39 is 11.6 Å². The lowest BCUT2D eigenvalue weighted by Gasteiger charge is -2.36. The fourth-order valence-corrected chi connectivity index (χ4v) is 6.92. The molecule has 2 aliphatic heterocycles. The Morgan fingerprint density at radius 2 is 1.61 bits per heavy atom. The van der Waals surface area contributed by atoms with Gasteiger partial charge in [-0.3, -0.25) is 0 Å². The second-order valence-electron chi connectivity index (χ2n) is 8.32. The molecule has 1 unspecified atom stereocenters. The SMILES string of the molecule is COc1cc2c(c(Br)c1OC)N1CCOC1(c1cn(CCO)c3c(Br)c(OC)c(OC)cc13)C2(F)F. The molecule has 5 rings (SSSR count). The number of rotatable bonds is 7. The molecule has 2 aliphatic rings. The monoisotopic (exact) mass is 632 g/mol. The maximum Gasteiger partial charge on any atom is 0.326 e. The zero-order valence-corrected chi connectivity index (χ0v) is 23.1. The lowest BCUT2D eigenvalue weighted by molar-refractivity contribution is -0.189. The molecule has 1 aromatic heterocycles. The molecule has 1 fully saturated rings. The Morgan fingerprint density at radius 1 is 0.972 bits per heavy atom. The van der Waals surface area contributed by atoms with Gasteiger partial charge in [0.15, 0.2) is 23.0 Å². The lowest BCUT2D eigenvalue weighted by Crippen LogP contribution is -2.49. The van der Waals surface area contributed by atoms with Crippen LogP contribution in [-0.2, 0) is 22.9 Å². The molecule has 36 heavy (non-hydrogen) atoms. The highest BCUT2D eigenvalue weighted by atomic mass is 79.9. The van der Waals surface area contributed by atoms with Crippen molar-refractivity contribution in [2.24, 2.45) is 0 Å². The molecule has 1 atom stereocenters. The van der Waals surface area contributed by atoms with E-state index in [9.17, 15) is 5.11 Å². The van der Waals surface area contributed by atoms with Gasteiger partial charge in [0, 0.05) is 30.2 Å². The number of anilines is 1. The van der Waals surface area contributed by atoms with Crippen LogP contribution in [-0.4, -0.2) is 57.9 Å². The minimum Gasteiger partial charge on any atom is -0.493 e. The topological polar surface area (TPSA) is 74.6 Å². The van der Waals surface area contributed by atoms with E-state index in [0.29, 0.717) is 37.1 Å². The van der Waals surface area contributed by atoms with Gasteiger partial charge in [-0.1, -0.05) is 0 Å². The van der Waals surface area contributed by atoms with E-state index in [-0.39, 0.29) is 48.9 Å². The van der Waals surface area contributed by atoms with Crippen LogP contribution in [0.2, 0.25) is 0 Å². The maximum absolute atomic E-state index is 16.7. The molecule has 0 aliphatic carbocycles. The first-order valence-electron chi connectivity index (χ1n) is 11.0. The fourth-order valence-electron chi connectivity index (χ4n) is 5.34. The number of nitrogens with zero attached hydrogens (tertiary/aromatic N) is 2. The normalized spacial score (nSPS) is 20.0. The van der Waals surface area contributed by atoms with Crippen LogP contribution in [0.3, 0.4) is 0 Å². The summed E-state index contributed by atoms with van der Waals surface area (Å²) in [5.41, 5.74) is -1.32. The van der Waals surface area contributed by atoms with Crippen molar-refractivity contribution in [1.82, 2.24) is 4.57 Å². The lowest BCUT2D eigenvalue weighted by atomic mass is 9.93. The second-order valence-corrected chi connectivity index (χ2v) is 9.91. The summed E-state index contributed by atoms with van der Waals surface area (Å²) in [5, 5.41) is 10.2. The predicted molar refractivity (Wildman–Crippen MR) is 136 cm³/mol. The summed E-state index contributed by atoms with van der Waals surface area (Å²) in [6.45, 7) is 0.275. The Bertz CT molecular complexity index is 1360. The first kappa shape index (κ1) is 25.4. The van der Waals surface area contributed by atoms with Crippen molar-refractivity contribution >= 4 is 48.5 Å². The molecule has 1 N–H and O–H groups in total. The van der Waals surface area contributed by atoms with Gasteiger partial charge in [-0.2, -0.15) is 8.78 Å². The molecule has 12 heteroatoms. The van der Waals surface area contributed by atoms with E-state index in [1.165, 1.54) is 34.5 Å². The zero-order valence-electron chi connectivity index (χ0n) is 20.0. The van der Waals surface area contributed by atoms with Crippen LogP contribution in [0.5, 0.6) is 23.0 Å². The first-order valence-corrected chi connectivity index (χ1v) is 12.6. The highest BCUT2D eigenvalue weighted by Gasteiger charge is 2.70. The van der Waals surface area contributed by atoms with Gasteiger partial charge in [0.05, 0.1) is 67.4 Å². The minimum absolute atomic E-state index is 0.0803. The van der Waals surface area contributed by atoms with E-state index in [4.69, 9.17) is 23.7 Å². The molecule has 194 valence electrons. The van der Waals surface area contributed by atoms with Crippen LogP contribution < -0.4 is 23.8 Å². The third kappa shape index (κ3) is 3.07. The minimum atomic E-state index is -3.49. The molecule has 0 radical (unpaired) electrons. The first-order chi connectivity index (χ1) is 17.2. The highest BCUT2D eigenvalue weighted by molar-refractivity contribution is 9.11. The molecule has 0 spiro atoms. The van der Waals surface area contributed by atoms with Crippen LogP contribution in [0.15, 0.2) is 27.3 Å². The van der Waals surface area contributed by atoms with Gasteiger partial charge in [0.2, 0.25) is 5.72 Å². The number of hydrogen-bond donors (Lipinski definition) is 1. The molecular weight excluding hydrogens is 610 g/mol. The Hall–Kier alpha value is -2.28. The van der Waals surface area contributed by atoms with Gasteiger partial charge < -0.3 is 38.3 Å². The average Bonchev–Trinajstić information content (AvgIpc) is 3.50. The number of ether oxygens (including phenoxy) is 5. The third-order valence-corrected chi connectivity index (χ3v) is 8.25. The van der Waals surface area contributed by atoms with Crippen LogP contribution in [0.4, 0.5) is 14.5 Å². The van der Waals surface area contributed by atoms with Crippen molar-refractivity contribution in [2.75, 3.05) is 53.1 Å². The quantitative estimate of drug-likeness (QED) is 0.393. The summed E-state index contributed by atoms with van der Waals surface area (Å²) in [5.74, 6) is -2.22. The smallest absolute Gasteiger partial charge is 0.326 e. The zero-order chi connectivity index (χ0) is 26.0. The van der Waals surface area contributed by atoms with Crippen LogP contribution in [0.25, 0.3) is 10.9 Å². The molecule has 2 aromatic carbocycles. The molecule has 3 heterocycles. The van der Waals surface area contributed by atoms with E-state index in [0.717, 1.165) is 0 Å². The van der Waals surface area contributed by atoms with E-state index in [1.807, 2.05) is 0 Å². The number of aliphatic hydroxyl groups is 1. The molecule has 3 aromatic rings. The third-order valence-electron chi connectivity index (χ3n) is 6.78. The van der Waals surface area contributed by atoms with Gasteiger partial charge in [-0.25, -0.2) is 0 Å². The summed E-state index contributed by atoms with van der Waals surface area (Å²) >= 11 is 7.05. The van der Waals surface area contributed by atoms with Gasteiger partial charge in [0.1, 0.15) is 0 Å². The number of aromatic nitrogens is 1. The Kier molecular flexibility index (Phi) is 6.29. The number of hydrogen-bond acceptors (Lipinski definition) is 7. The van der Waals surface area contributed by atoms with Crippen molar-refractivity contribution in [1.29, 1.82) is 0 Å². The number of aliphatic hydroxyl groups excluding tert-OH is 1. The number of fused-ring (bicyclic) bond motifs is 4. The molecule has 1 saturated heterocycles. The summed E-state index contributed by atoms with van der Waals surface area (Å²) in [4.78, 5) is 1.57. The highest BCUT2D eigenvalue weighted by Crippen LogP contribution is 2.66. The van der Waals surface area contributed by atoms with E-state index in [1.54, 1.807) is 21.7 Å². The summed E-state index contributed by atoms with van der Waals surface area (Å²) in [6, 6.07) is 2.96. The number of benzene rings is 2. The Labute approximate surface area is 222 Å². The van der Waals surface area contributed by atoms with Crippen molar-refractivity contribution in [2.45, 2.75) is 18.2 Å². The maximum atomic E-state index is 16.7. The number of alkyl halides is 2. The largest absolute Gasteiger partial charge is 0.493 e. The summed E-state index contributed by atoms with van der Waals surface area (Å²) in [7, 11) is 5.83. The van der Waals surface area contributed by atoms with Crippen LogP contribution in [0, 0.1) is 0 Å². The number of methoxy groups -OCH3 is 4. The standard InChI is InChI=1S/C24H24Br2F2N2O6/c1-32-15-9-12-14(11-29(5-7-31)19(12)17(25)21(15)34-3)24-23(27,28)13-10-16(33-2)22(35-4)18(26)20(13)30(24)6-8-36-24/h9-11,31H,5-8H2,1-4H3. The predicted octanol–water partition coefficient (Wildman–Crippen LogP) is 4.99. The Morgan fingerprint density at radius 3 is 2.22 bits per heavy atom. The van der Waals surface area contributed by atoms with E-state index in [2.05, 4.69) is 31.9 Å². The van der Waals surface area contributed by atoms with Gasteiger partial charge >= 0.3 is 5.92 Å². The number of halogens is 4. The molecule has 0 amide bonds. The molecule has 8 nitrogen and oxygen atoms in total. The molecule has 0 saturated carbocycles. The van der Waals surface area contributed by atoms with Crippen molar-refractivity contribution in [3.05, 3.63) is 38.4 Å². The molecule has 0 bridgehead atoms. The van der Waals surface area contributed by atoms with Crippen LogP contribution in [0.1, 0.15) is 11.1 Å². The van der Waals surface area contributed by atoms with Gasteiger partial charge in [0.25, 0.3) is 0 Å². The summed E-state index contributed by atoms with van der Waals surface area (Å²) in [6.07, 6.45) is 1.60. The summed E-state index contributed by atoms with van der Waals surface area (Å²) < 4.78 is 63.9. The van der Waals surface area contributed by atoms with E-state index >= 15 is 8.78 Å². The van der Waals surface area contributed by atoms with Crippen molar-refractivity contribution < 1.29 is 37.6 Å².